The fourth-order valence-electron chi connectivity index (χ4n) is 4.74. The van der Waals surface area contributed by atoms with Gasteiger partial charge in [-0.05, 0) is 37.1 Å². The lowest BCUT2D eigenvalue weighted by Gasteiger charge is -2.43. The number of esters is 1. The standard InChI is InChI=1S/C26H27ClFN3O5/c1-3-23(32)31(22-12-11-16(14-29-22)26(34)35-2)21-10-5-4-9-20(21)30-15-17(13-24(30)33)36-25-18(27)7-6-8-19(25)28/h6-8,11-14,20-21H,3-5,9-10,15H2,1-2H3. The largest absolute Gasteiger partial charge is 0.465 e. The lowest BCUT2D eigenvalue weighted by atomic mass is 9.87. The number of hydrogen-bond donors (Lipinski definition) is 0. The molecular weight excluding hydrogens is 489 g/mol. The third-order valence-electron chi connectivity index (χ3n) is 6.46. The van der Waals surface area contributed by atoms with Gasteiger partial charge < -0.3 is 14.4 Å². The number of hydrogen-bond acceptors (Lipinski definition) is 6. The maximum Gasteiger partial charge on any atom is 0.339 e. The molecule has 2 aromatic rings. The van der Waals surface area contributed by atoms with Crippen LogP contribution >= 0.6 is 11.6 Å². The van der Waals surface area contributed by atoms with Gasteiger partial charge in [-0.2, -0.15) is 0 Å². The van der Waals surface area contributed by atoms with Crippen molar-refractivity contribution in [2.24, 2.45) is 0 Å². The number of anilines is 1. The van der Waals surface area contributed by atoms with Gasteiger partial charge in [0.1, 0.15) is 11.6 Å². The zero-order valence-electron chi connectivity index (χ0n) is 20.1. The van der Waals surface area contributed by atoms with Crippen LogP contribution in [0.3, 0.4) is 0 Å². The summed E-state index contributed by atoms with van der Waals surface area (Å²) in [5.41, 5.74) is 0.276. The van der Waals surface area contributed by atoms with Crippen molar-refractivity contribution in [2.45, 2.75) is 51.1 Å². The van der Waals surface area contributed by atoms with Crippen LogP contribution in [0.15, 0.2) is 48.4 Å². The number of aromatic nitrogens is 1. The van der Waals surface area contributed by atoms with E-state index in [0.717, 1.165) is 12.8 Å². The number of amides is 2. The van der Waals surface area contributed by atoms with Crippen LogP contribution in [-0.4, -0.2) is 53.4 Å². The number of ether oxygens (including phenoxy) is 2. The molecule has 10 heteroatoms. The van der Waals surface area contributed by atoms with Gasteiger partial charge in [-0.15, -0.1) is 0 Å². The predicted molar refractivity (Wildman–Crippen MR) is 131 cm³/mol. The summed E-state index contributed by atoms with van der Waals surface area (Å²) in [7, 11) is 1.29. The minimum absolute atomic E-state index is 0.110. The molecule has 190 valence electrons. The van der Waals surface area contributed by atoms with Crippen molar-refractivity contribution in [3.63, 3.8) is 0 Å². The highest BCUT2D eigenvalue weighted by Gasteiger charge is 2.41. The number of benzene rings is 1. The van der Waals surface area contributed by atoms with Crippen molar-refractivity contribution in [3.05, 3.63) is 64.8 Å². The molecule has 0 radical (unpaired) electrons. The Morgan fingerprint density at radius 1 is 1.22 bits per heavy atom. The average Bonchev–Trinajstić information content (AvgIpc) is 3.26. The van der Waals surface area contributed by atoms with Crippen molar-refractivity contribution < 1.29 is 28.2 Å². The number of rotatable bonds is 7. The summed E-state index contributed by atoms with van der Waals surface area (Å²) in [6.07, 6.45) is 6.10. The second-order valence-corrected chi connectivity index (χ2v) is 9.07. The van der Waals surface area contributed by atoms with Crippen molar-refractivity contribution >= 4 is 35.2 Å². The SMILES string of the molecule is CCC(=O)N(c1ccc(C(=O)OC)cn1)C1CCCCC1N1CC(Oc2c(F)cccc2Cl)=CC1=O. The van der Waals surface area contributed by atoms with E-state index in [1.165, 1.54) is 37.6 Å². The maximum atomic E-state index is 14.2. The molecule has 1 saturated carbocycles. The van der Waals surface area contributed by atoms with Gasteiger partial charge in [-0.3, -0.25) is 14.5 Å². The summed E-state index contributed by atoms with van der Waals surface area (Å²) < 4.78 is 24.6. The Morgan fingerprint density at radius 3 is 2.67 bits per heavy atom. The van der Waals surface area contributed by atoms with Gasteiger partial charge in [-0.25, -0.2) is 14.2 Å². The molecule has 1 aliphatic heterocycles. The van der Waals surface area contributed by atoms with Crippen molar-refractivity contribution in [2.75, 3.05) is 18.6 Å². The molecule has 1 aromatic carbocycles. The third-order valence-corrected chi connectivity index (χ3v) is 6.76. The van der Waals surface area contributed by atoms with Crippen molar-refractivity contribution in [1.82, 2.24) is 9.88 Å². The number of nitrogens with zero attached hydrogens (tertiary/aromatic N) is 3. The Labute approximate surface area is 213 Å². The zero-order valence-corrected chi connectivity index (χ0v) is 20.8. The normalized spacial score (nSPS) is 19.6. The Morgan fingerprint density at radius 2 is 2.00 bits per heavy atom. The van der Waals surface area contributed by atoms with Gasteiger partial charge in [0.05, 0.1) is 36.3 Å². The summed E-state index contributed by atoms with van der Waals surface area (Å²) in [4.78, 5) is 45.6. The van der Waals surface area contributed by atoms with Crippen LogP contribution in [0.25, 0.3) is 0 Å². The molecular formula is C26H27ClFN3O5. The maximum absolute atomic E-state index is 14.2. The molecule has 2 amide bonds. The number of para-hydroxylation sites is 1. The fraction of sp³-hybridized carbons (Fsp3) is 0.385. The summed E-state index contributed by atoms with van der Waals surface area (Å²) in [5.74, 6) is -0.990. The van der Waals surface area contributed by atoms with Crippen molar-refractivity contribution in [3.8, 4) is 5.75 Å². The first-order valence-electron chi connectivity index (χ1n) is 11.8. The molecule has 36 heavy (non-hydrogen) atoms. The smallest absolute Gasteiger partial charge is 0.339 e. The van der Waals surface area contributed by atoms with Crippen LogP contribution in [0.5, 0.6) is 5.75 Å². The molecule has 2 atom stereocenters. The summed E-state index contributed by atoms with van der Waals surface area (Å²) in [6.45, 7) is 1.90. The minimum Gasteiger partial charge on any atom is -0.465 e. The number of pyridine rings is 1. The second kappa shape index (κ2) is 11.1. The first-order valence-corrected chi connectivity index (χ1v) is 12.2. The topological polar surface area (TPSA) is 89.0 Å². The molecule has 1 aliphatic carbocycles. The van der Waals surface area contributed by atoms with E-state index in [9.17, 15) is 18.8 Å². The molecule has 0 N–H and O–H groups in total. The van der Waals surface area contributed by atoms with Crippen LogP contribution in [0.2, 0.25) is 5.02 Å². The Bertz CT molecular complexity index is 1170. The molecule has 0 saturated heterocycles. The number of halogens is 2. The number of methoxy groups -OCH3 is 1. The Hall–Kier alpha value is -3.46. The van der Waals surface area contributed by atoms with E-state index in [-0.39, 0.29) is 59.0 Å². The van der Waals surface area contributed by atoms with Crippen LogP contribution in [0, 0.1) is 5.82 Å². The Balaban J connectivity index is 1.58. The fourth-order valence-corrected chi connectivity index (χ4v) is 4.94. The van der Waals surface area contributed by atoms with E-state index in [0.29, 0.717) is 18.7 Å². The van der Waals surface area contributed by atoms with E-state index in [1.807, 2.05) is 0 Å². The summed E-state index contributed by atoms with van der Waals surface area (Å²) in [6, 6.07) is 6.79. The molecule has 2 aliphatic rings. The summed E-state index contributed by atoms with van der Waals surface area (Å²) >= 11 is 6.08. The minimum atomic E-state index is -0.619. The monoisotopic (exact) mass is 515 g/mol. The van der Waals surface area contributed by atoms with Gasteiger partial charge >= 0.3 is 5.97 Å². The van der Waals surface area contributed by atoms with Crippen LogP contribution in [0.4, 0.5) is 10.2 Å². The molecule has 1 aromatic heterocycles. The second-order valence-electron chi connectivity index (χ2n) is 8.66. The van der Waals surface area contributed by atoms with Crippen LogP contribution < -0.4 is 9.64 Å². The number of carbonyl (C=O) groups excluding carboxylic acids is 3. The molecule has 2 heterocycles. The lowest BCUT2D eigenvalue weighted by molar-refractivity contribution is -0.128. The van der Waals surface area contributed by atoms with Gasteiger partial charge in [0.2, 0.25) is 5.91 Å². The van der Waals surface area contributed by atoms with E-state index in [4.69, 9.17) is 21.1 Å². The van der Waals surface area contributed by atoms with Gasteiger partial charge in [-0.1, -0.05) is 37.4 Å². The highest BCUT2D eigenvalue weighted by Crippen LogP contribution is 2.34. The quantitative estimate of drug-likeness (QED) is 0.504. The number of carbonyl (C=O) groups is 3. The van der Waals surface area contributed by atoms with E-state index in [2.05, 4.69) is 4.98 Å². The van der Waals surface area contributed by atoms with Gasteiger partial charge in [0.15, 0.2) is 11.6 Å². The van der Waals surface area contributed by atoms with E-state index >= 15 is 0 Å². The van der Waals surface area contributed by atoms with Gasteiger partial charge in [0.25, 0.3) is 5.91 Å². The van der Waals surface area contributed by atoms with E-state index < -0.39 is 11.8 Å². The lowest BCUT2D eigenvalue weighted by Crippen LogP contribution is -2.56. The summed E-state index contributed by atoms with van der Waals surface area (Å²) in [5, 5.41) is 0.110. The zero-order chi connectivity index (χ0) is 25.8. The molecule has 8 nitrogen and oxygen atoms in total. The van der Waals surface area contributed by atoms with E-state index in [1.54, 1.807) is 28.9 Å². The molecule has 2 unspecified atom stereocenters. The Kier molecular flexibility index (Phi) is 7.88. The first-order chi connectivity index (χ1) is 17.3. The highest BCUT2D eigenvalue weighted by atomic mass is 35.5. The third kappa shape index (κ3) is 5.21. The average molecular weight is 516 g/mol. The van der Waals surface area contributed by atoms with Crippen LogP contribution in [0.1, 0.15) is 49.4 Å². The molecule has 0 spiro atoms. The molecule has 4 rings (SSSR count). The van der Waals surface area contributed by atoms with Crippen LogP contribution in [-0.2, 0) is 14.3 Å². The first kappa shape index (κ1) is 25.6. The van der Waals surface area contributed by atoms with Gasteiger partial charge in [0, 0.05) is 18.7 Å². The molecule has 1 fully saturated rings. The van der Waals surface area contributed by atoms with Crippen molar-refractivity contribution in [1.29, 1.82) is 0 Å². The predicted octanol–water partition coefficient (Wildman–Crippen LogP) is 4.52. The molecule has 0 bridgehead atoms. The highest BCUT2D eigenvalue weighted by molar-refractivity contribution is 6.32.